The Balaban J connectivity index is 1.67. The predicted octanol–water partition coefficient (Wildman–Crippen LogP) is 1.43. The molecule has 19 heavy (non-hydrogen) atoms. The second-order valence-electron chi connectivity index (χ2n) is 5.18. The van der Waals surface area contributed by atoms with Crippen LogP contribution < -0.4 is 10.2 Å². The van der Waals surface area contributed by atoms with Gasteiger partial charge in [-0.1, -0.05) is 6.92 Å². The van der Waals surface area contributed by atoms with Crippen LogP contribution in [-0.2, 0) is 4.74 Å². The van der Waals surface area contributed by atoms with E-state index in [1.54, 1.807) is 0 Å². The van der Waals surface area contributed by atoms with Crippen LogP contribution in [0.25, 0.3) is 0 Å². The number of ether oxygens (including phenoxy) is 1. The third kappa shape index (κ3) is 3.25. The lowest BCUT2D eigenvalue weighted by atomic mass is 10.3. The zero-order valence-electron chi connectivity index (χ0n) is 11.0. The minimum absolute atomic E-state index is 0.239. The molecule has 3 rings (SSSR count). The number of rotatable bonds is 4. The van der Waals surface area contributed by atoms with Crippen LogP contribution in [0.5, 0.6) is 0 Å². The molecule has 1 N–H and O–H groups in total. The summed E-state index contributed by atoms with van der Waals surface area (Å²) in [7, 11) is 0. The Kier molecular flexibility index (Phi) is 3.70. The third-order valence-electron chi connectivity index (χ3n) is 3.69. The highest BCUT2D eigenvalue weighted by molar-refractivity contribution is 6.28. The fourth-order valence-electron chi connectivity index (χ4n) is 2.23. The summed E-state index contributed by atoms with van der Waals surface area (Å²) in [4.78, 5) is 14.8. The summed E-state index contributed by atoms with van der Waals surface area (Å²) in [5, 5.41) is 3.49. The molecule has 1 saturated carbocycles. The van der Waals surface area contributed by atoms with E-state index in [1.165, 1.54) is 6.42 Å². The standard InChI is InChI=1S/C12H18ClN5O/c1-8-6-9(8)7-14-11-15-10(13)16-12(17-11)18-2-4-19-5-3-18/h8-9H,2-7H2,1H3,(H,14,15,16,17). The zero-order chi connectivity index (χ0) is 13.2. The Morgan fingerprint density at radius 3 is 2.74 bits per heavy atom. The molecule has 2 unspecified atom stereocenters. The van der Waals surface area contributed by atoms with E-state index in [4.69, 9.17) is 16.3 Å². The van der Waals surface area contributed by atoms with Gasteiger partial charge < -0.3 is 15.0 Å². The van der Waals surface area contributed by atoms with E-state index in [1.807, 2.05) is 0 Å². The van der Waals surface area contributed by atoms with Gasteiger partial charge in [-0.3, -0.25) is 0 Å². The van der Waals surface area contributed by atoms with E-state index in [0.29, 0.717) is 25.1 Å². The van der Waals surface area contributed by atoms with Crippen LogP contribution in [0, 0.1) is 11.8 Å². The minimum Gasteiger partial charge on any atom is -0.378 e. The van der Waals surface area contributed by atoms with Crippen molar-refractivity contribution < 1.29 is 4.74 Å². The van der Waals surface area contributed by atoms with E-state index in [9.17, 15) is 0 Å². The van der Waals surface area contributed by atoms with Crippen LogP contribution in [0.4, 0.5) is 11.9 Å². The first kappa shape index (κ1) is 12.9. The van der Waals surface area contributed by atoms with Crippen molar-refractivity contribution in [2.75, 3.05) is 43.1 Å². The van der Waals surface area contributed by atoms with Crippen molar-refractivity contribution in [2.24, 2.45) is 11.8 Å². The van der Waals surface area contributed by atoms with Gasteiger partial charge in [0.2, 0.25) is 17.2 Å². The van der Waals surface area contributed by atoms with E-state index < -0.39 is 0 Å². The molecular weight excluding hydrogens is 266 g/mol. The van der Waals surface area contributed by atoms with Gasteiger partial charge in [-0.25, -0.2) is 0 Å². The molecule has 104 valence electrons. The van der Waals surface area contributed by atoms with Gasteiger partial charge >= 0.3 is 0 Å². The number of hydrogen-bond acceptors (Lipinski definition) is 6. The first-order valence-electron chi connectivity index (χ1n) is 6.70. The Morgan fingerprint density at radius 1 is 1.32 bits per heavy atom. The molecule has 0 aromatic carbocycles. The highest BCUT2D eigenvalue weighted by Gasteiger charge is 2.32. The smallest absolute Gasteiger partial charge is 0.231 e. The average molecular weight is 284 g/mol. The Bertz CT molecular complexity index is 452. The Morgan fingerprint density at radius 2 is 2.05 bits per heavy atom. The molecule has 1 aliphatic heterocycles. The van der Waals surface area contributed by atoms with Gasteiger partial charge in [-0.15, -0.1) is 0 Å². The van der Waals surface area contributed by atoms with Crippen molar-refractivity contribution >= 4 is 23.5 Å². The molecule has 2 fully saturated rings. The maximum absolute atomic E-state index is 5.97. The Labute approximate surface area is 117 Å². The molecule has 1 aromatic heterocycles. The number of anilines is 2. The van der Waals surface area contributed by atoms with Gasteiger partial charge in [0, 0.05) is 19.6 Å². The maximum Gasteiger partial charge on any atom is 0.231 e. The van der Waals surface area contributed by atoms with Gasteiger partial charge in [-0.2, -0.15) is 15.0 Å². The molecule has 0 radical (unpaired) electrons. The van der Waals surface area contributed by atoms with Crippen molar-refractivity contribution in [1.29, 1.82) is 0 Å². The van der Waals surface area contributed by atoms with Gasteiger partial charge in [0.15, 0.2) is 0 Å². The lowest BCUT2D eigenvalue weighted by molar-refractivity contribution is 0.122. The van der Waals surface area contributed by atoms with Gasteiger partial charge in [0.1, 0.15) is 0 Å². The normalized spacial score (nSPS) is 26.3. The number of nitrogens with one attached hydrogen (secondary N) is 1. The summed E-state index contributed by atoms with van der Waals surface area (Å²) >= 11 is 5.97. The molecule has 7 heteroatoms. The molecule has 2 atom stereocenters. The summed E-state index contributed by atoms with van der Waals surface area (Å²) < 4.78 is 5.32. The topological polar surface area (TPSA) is 63.2 Å². The zero-order valence-corrected chi connectivity index (χ0v) is 11.7. The largest absolute Gasteiger partial charge is 0.378 e. The molecule has 1 aliphatic carbocycles. The highest BCUT2D eigenvalue weighted by Crippen LogP contribution is 2.37. The minimum atomic E-state index is 0.239. The second-order valence-corrected chi connectivity index (χ2v) is 5.52. The van der Waals surface area contributed by atoms with Crippen LogP contribution in [0.3, 0.4) is 0 Å². The molecule has 2 heterocycles. The average Bonchev–Trinajstić information content (AvgIpc) is 3.13. The van der Waals surface area contributed by atoms with E-state index in [0.717, 1.165) is 31.5 Å². The van der Waals surface area contributed by atoms with E-state index >= 15 is 0 Å². The van der Waals surface area contributed by atoms with Crippen molar-refractivity contribution in [1.82, 2.24) is 15.0 Å². The molecule has 2 aliphatic rings. The molecule has 0 amide bonds. The summed E-state index contributed by atoms with van der Waals surface area (Å²) in [6.07, 6.45) is 1.28. The first-order chi connectivity index (χ1) is 9.22. The van der Waals surface area contributed by atoms with E-state index in [2.05, 4.69) is 32.1 Å². The summed E-state index contributed by atoms with van der Waals surface area (Å²) in [5.41, 5.74) is 0. The number of nitrogens with zero attached hydrogens (tertiary/aromatic N) is 4. The first-order valence-corrected chi connectivity index (χ1v) is 7.08. The molecular formula is C12H18ClN5O. The predicted molar refractivity (Wildman–Crippen MR) is 73.6 cm³/mol. The number of aromatic nitrogens is 3. The van der Waals surface area contributed by atoms with Crippen molar-refractivity contribution in [3.8, 4) is 0 Å². The van der Waals surface area contributed by atoms with Gasteiger partial charge in [0.25, 0.3) is 0 Å². The van der Waals surface area contributed by atoms with Crippen LogP contribution in [0.15, 0.2) is 0 Å². The van der Waals surface area contributed by atoms with Gasteiger partial charge in [0.05, 0.1) is 13.2 Å². The number of halogens is 1. The van der Waals surface area contributed by atoms with Crippen LogP contribution in [0.2, 0.25) is 5.28 Å². The summed E-state index contributed by atoms with van der Waals surface area (Å²) in [6, 6.07) is 0. The fraction of sp³-hybridized carbons (Fsp3) is 0.750. The fourth-order valence-corrected chi connectivity index (χ4v) is 2.38. The quantitative estimate of drug-likeness (QED) is 0.902. The van der Waals surface area contributed by atoms with E-state index in [-0.39, 0.29) is 5.28 Å². The Hall–Kier alpha value is -1.14. The molecule has 0 bridgehead atoms. The third-order valence-corrected chi connectivity index (χ3v) is 3.86. The van der Waals surface area contributed by atoms with Gasteiger partial charge in [-0.05, 0) is 29.9 Å². The van der Waals surface area contributed by atoms with Crippen molar-refractivity contribution in [3.63, 3.8) is 0 Å². The van der Waals surface area contributed by atoms with Crippen LogP contribution in [0.1, 0.15) is 13.3 Å². The maximum atomic E-state index is 5.97. The van der Waals surface area contributed by atoms with Crippen molar-refractivity contribution in [3.05, 3.63) is 5.28 Å². The number of hydrogen-bond donors (Lipinski definition) is 1. The summed E-state index contributed by atoms with van der Waals surface area (Å²) in [5.74, 6) is 2.75. The molecule has 6 nitrogen and oxygen atoms in total. The number of morpholine rings is 1. The monoisotopic (exact) mass is 283 g/mol. The molecule has 1 saturated heterocycles. The SMILES string of the molecule is CC1CC1CNc1nc(Cl)nc(N2CCOCC2)n1. The molecule has 0 spiro atoms. The highest BCUT2D eigenvalue weighted by atomic mass is 35.5. The lowest BCUT2D eigenvalue weighted by Crippen LogP contribution is -2.37. The second kappa shape index (κ2) is 5.46. The van der Waals surface area contributed by atoms with Crippen LogP contribution >= 0.6 is 11.6 Å². The summed E-state index contributed by atoms with van der Waals surface area (Å²) in [6.45, 7) is 6.14. The van der Waals surface area contributed by atoms with Crippen LogP contribution in [-0.4, -0.2) is 47.8 Å². The van der Waals surface area contributed by atoms with Crippen molar-refractivity contribution in [2.45, 2.75) is 13.3 Å². The molecule has 1 aromatic rings. The lowest BCUT2D eigenvalue weighted by Gasteiger charge is -2.26.